The van der Waals surface area contributed by atoms with Crippen molar-refractivity contribution in [1.29, 1.82) is 0 Å². The minimum Gasteiger partial charge on any atom is -0.475 e. The van der Waals surface area contributed by atoms with Crippen molar-refractivity contribution in [3.05, 3.63) is 11.8 Å². The van der Waals surface area contributed by atoms with Crippen molar-refractivity contribution < 1.29 is 17.9 Å². The minimum absolute atomic E-state index is 0.147. The number of anilines is 1. The van der Waals surface area contributed by atoms with Crippen molar-refractivity contribution in [2.24, 2.45) is 0 Å². The molecule has 0 aliphatic rings. The molecule has 0 spiro atoms. The van der Waals surface area contributed by atoms with Crippen molar-refractivity contribution in [3.63, 3.8) is 0 Å². The molecular formula is C10H14F3N3O. The van der Waals surface area contributed by atoms with Gasteiger partial charge in [-0.3, -0.25) is 0 Å². The molecule has 1 heterocycles. The summed E-state index contributed by atoms with van der Waals surface area (Å²) in [5, 5.41) is 0. The number of ether oxygens (including phenoxy) is 1. The average molecular weight is 249 g/mol. The molecule has 0 saturated carbocycles. The standard InChI is InChI=1S/C10H14F3N3O/c1-3-4-6(2)17-8-5-7(10(11,12)13)15-9(14)16-8/h5-6H,3-4H2,1-2H3,(H2,14,15,16). The normalized spacial score (nSPS) is 13.5. The Morgan fingerprint density at radius 3 is 2.59 bits per heavy atom. The van der Waals surface area contributed by atoms with Crippen LogP contribution in [0, 0.1) is 0 Å². The van der Waals surface area contributed by atoms with E-state index >= 15 is 0 Å². The smallest absolute Gasteiger partial charge is 0.433 e. The van der Waals surface area contributed by atoms with Crippen LogP contribution >= 0.6 is 0 Å². The van der Waals surface area contributed by atoms with Crippen LogP contribution in [0.3, 0.4) is 0 Å². The average Bonchev–Trinajstić information content (AvgIpc) is 2.15. The molecule has 0 amide bonds. The Morgan fingerprint density at radius 1 is 1.41 bits per heavy atom. The topological polar surface area (TPSA) is 61.0 Å². The van der Waals surface area contributed by atoms with E-state index in [1.165, 1.54) is 0 Å². The van der Waals surface area contributed by atoms with Crippen molar-refractivity contribution in [2.75, 3.05) is 5.73 Å². The zero-order valence-electron chi connectivity index (χ0n) is 9.58. The molecule has 7 heteroatoms. The summed E-state index contributed by atoms with van der Waals surface area (Å²) in [4.78, 5) is 6.73. The van der Waals surface area contributed by atoms with Crippen LogP contribution < -0.4 is 10.5 Å². The van der Waals surface area contributed by atoms with E-state index in [4.69, 9.17) is 10.5 Å². The first-order chi connectivity index (χ1) is 7.82. The van der Waals surface area contributed by atoms with E-state index in [2.05, 4.69) is 9.97 Å². The Hall–Kier alpha value is -1.53. The van der Waals surface area contributed by atoms with Crippen LogP contribution in [0.2, 0.25) is 0 Å². The van der Waals surface area contributed by atoms with Gasteiger partial charge in [-0.1, -0.05) is 13.3 Å². The SMILES string of the molecule is CCCC(C)Oc1cc(C(F)(F)F)nc(N)n1. The molecular weight excluding hydrogens is 235 g/mol. The molecule has 1 rings (SSSR count). The lowest BCUT2D eigenvalue weighted by Crippen LogP contribution is -2.15. The number of halogens is 3. The van der Waals surface area contributed by atoms with Gasteiger partial charge in [0.1, 0.15) is 0 Å². The molecule has 17 heavy (non-hydrogen) atoms. The molecule has 0 fully saturated rings. The van der Waals surface area contributed by atoms with Crippen molar-refractivity contribution in [3.8, 4) is 5.88 Å². The van der Waals surface area contributed by atoms with Crippen LogP contribution in [0.1, 0.15) is 32.4 Å². The van der Waals surface area contributed by atoms with E-state index in [1.807, 2.05) is 6.92 Å². The minimum atomic E-state index is -4.55. The molecule has 1 unspecified atom stereocenters. The van der Waals surface area contributed by atoms with Gasteiger partial charge in [0.2, 0.25) is 11.8 Å². The number of nitrogen functional groups attached to an aromatic ring is 1. The van der Waals surface area contributed by atoms with E-state index < -0.39 is 17.8 Å². The molecule has 0 bridgehead atoms. The second-order valence-corrected chi connectivity index (χ2v) is 3.66. The third-order valence-corrected chi connectivity index (χ3v) is 2.03. The second-order valence-electron chi connectivity index (χ2n) is 3.66. The number of rotatable bonds is 4. The van der Waals surface area contributed by atoms with E-state index in [-0.39, 0.29) is 12.0 Å². The Bertz CT molecular complexity index is 382. The molecule has 0 aliphatic heterocycles. The number of alkyl halides is 3. The van der Waals surface area contributed by atoms with Gasteiger partial charge in [0, 0.05) is 6.07 Å². The predicted molar refractivity (Wildman–Crippen MR) is 56.4 cm³/mol. The van der Waals surface area contributed by atoms with Gasteiger partial charge < -0.3 is 10.5 Å². The van der Waals surface area contributed by atoms with E-state index in [0.29, 0.717) is 0 Å². The fraction of sp³-hybridized carbons (Fsp3) is 0.600. The van der Waals surface area contributed by atoms with Gasteiger partial charge in [-0.15, -0.1) is 0 Å². The Labute approximate surface area is 97.0 Å². The van der Waals surface area contributed by atoms with Crippen LogP contribution in [0.5, 0.6) is 5.88 Å². The van der Waals surface area contributed by atoms with Gasteiger partial charge in [-0.2, -0.15) is 18.2 Å². The highest BCUT2D eigenvalue weighted by atomic mass is 19.4. The van der Waals surface area contributed by atoms with Crippen LogP contribution in [-0.2, 0) is 6.18 Å². The number of hydrogen-bond acceptors (Lipinski definition) is 4. The van der Waals surface area contributed by atoms with E-state index in [1.54, 1.807) is 6.92 Å². The van der Waals surface area contributed by atoms with Crippen molar-refractivity contribution in [2.45, 2.75) is 39.0 Å². The molecule has 1 aromatic heterocycles. The van der Waals surface area contributed by atoms with Gasteiger partial charge in [0.05, 0.1) is 6.10 Å². The van der Waals surface area contributed by atoms with E-state index in [0.717, 1.165) is 18.9 Å². The molecule has 0 aromatic carbocycles. The summed E-state index contributed by atoms with van der Waals surface area (Å²) in [6, 6.07) is 0.752. The maximum atomic E-state index is 12.4. The first-order valence-corrected chi connectivity index (χ1v) is 5.21. The van der Waals surface area contributed by atoms with Crippen LogP contribution in [0.4, 0.5) is 19.1 Å². The summed E-state index contributed by atoms with van der Waals surface area (Å²) in [6.07, 6.45) is -3.17. The lowest BCUT2D eigenvalue weighted by Gasteiger charge is -2.14. The lowest BCUT2D eigenvalue weighted by molar-refractivity contribution is -0.141. The number of nitrogens with zero attached hydrogens (tertiary/aromatic N) is 2. The van der Waals surface area contributed by atoms with Gasteiger partial charge in [0.15, 0.2) is 5.69 Å². The first-order valence-electron chi connectivity index (χ1n) is 5.21. The summed E-state index contributed by atoms with van der Waals surface area (Å²) in [6.45, 7) is 3.71. The first kappa shape index (κ1) is 13.5. The third-order valence-electron chi connectivity index (χ3n) is 2.03. The Balaban J connectivity index is 2.90. The zero-order chi connectivity index (χ0) is 13.1. The Morgan fingerprint density at radius 2 is 2.06 bits per heavy atom. The van der Waals surface area contributed by atoms with Crippen molar-refractivity contribution >= 4 is 5.95 Å². The summed E-state index contributed by atoms with van der Waals surface area (Å²) in [5.74, 6) is -0.593. The molecule has 4 nitrogen and oxygen atoms in total. The third kappa shape index (κ3) is 4.08. The van der Waals surface area contributed by atoms with Crippen LogP contribution in [0.25, 0.3) is 0 Å². The van der Waals surface area contributed by atoms with Gasteiger partial charge in [-0.05, 0) is 13.3 Å². The highest BCUT2D eigenvalue weighted by molar-refractivity contribution is 5.27. The quantitative estimate of drug-likeness (QED) is 0.891. The lowest BCUT2D eigenvalue weighted by atomic mass is 10.2. The molecule has 1 atom stereocenters. The second kappa shape index (κ2) is 5.20. The monoisotopic (exact) mass is 249 g/mol. The maximum Gasteiger partial charge on any atom is 0.433 e. The van der Waals surface area contributed by atoms with Gasteiger partial charge >= 0.3 is 6.18 Å². The number of hydrogen-bond donors (Lipinski definition) is 1. The number of aromatic nitrogens is 2. The molecule has 0 saturated heterocycles. The van der Waals surface area contributed by atoms with Gasteiger partial charge in [-0.25, -0.2) is 4.98 Å². The molecule has 96 valence electrons. The highest BCUT2D eigenvalue weighted by Crippen LogP contribution is 2.30. The molecule has 0 radical (unpaired) electrons. The zero-order valence-corrected chi connectivity index (χ0v) is 9.58. The van der Waals surface area contributed by atoms with Crippen LogP contribution in [-0.4, -0.2) is 16.1 Å². The summed E-state index contributed by atoms with van der Waals surface area (Å²) >= 11 is 0. The summed E-state index contributed by atoms with van der Waals surface area (Å²) in [7, 11) is 0. The van der Waals surface area contributed by atoms with E-state index in [9.17, 15) is 13.2 Å². The predicted octanol–water partition coefficient (Wildman–Crippen LogP) is 2.64. The van der Waals surface area contributed by atoms with Crippen LogP contribution in [0.15, 0.2) is 6.07 Å². The largest absolute Gasteiger partial charge is 0.475 e. The summed E-state index contributed by atoms with van der Waals surface area (Å²) in [5.41, 5.74) is 4.11. The molecule has 1 aromatic rings. The fourth-order valence-corrected chi connectivity index (χ4v) is 1.32. The van der Waals surface area contributed by atoms with Crippen molar-refractivity contribution in [1.82, 2.24) is 9.97 Å². The molecule has 2 N–H and O–H groups in total. The summed E-state index contributed by atoms with van der Waals surface area (Å²) < 4.78 is 42.5. The Kier molecular flexibility index (Phi) is 4.14. The van der Waals surface area contributed by atoms with Gasteiger partial charge in [0.25, 0.3) is 0 Å². The fourth-order valence-electron chi connectivity index (χ4n) is 1.32. The molecule has 0 aliphatic carbocycles. The number of nitrogens with two attached hydrogens (primary N) is 1. The highest BCUT2D eigenvalue weighted by Gasteiger charge is 2.33. The maximum absolute atomic E-state index is 12.4.